The highest BCUT2D eigenvalue weighted by molar-refractivity contribution is 5.80. The van der Waals surface area contributed by atoms with Crippen molar-refractivity contribution in [1.82, 2.24) is 23.1 Å². The van der Waals surface area contributed by atoms with E-state index in [2.05, 4.69) is 0 Å². The van der Waals surface area contributed by atoms with Crippen molar-refractivity contribution in [2.75, 3.05) is 14.2 Å². The van der Waals surface area contributed by atoms with E-state index < -0.39 is 5.69 Å². The number of ether oxygens (including phenoxy) is 2. The van der Waals surface area contributed by atoms with E-state index in [1.165, 1.54) is 9.13 Å². The normalized spacial score (nSPS) is 11.4. The minimum absolute atomic E-state index is 0.271. The molecular formula is C24H23N5O4. The molecule has 0 spiro atoms. The summed E-state index contributed by atoms with van der Waals surface area (Å²) in [6.45, 7) is 2.04. The van der Waals surface area contributed by atoms with Crippen molar-refractivity contribution in [2.24, 2.45) is 7.05 Å². The zero-order chi connectivity index (χ0) is 23.3. The molecule has 5 rings (SSSR count). The van der Waals surface area contributed by atoms with Gasteiger partial charge in [-0.05, 0) is 19.1 Å². The Morgan fingerprint density at radius 1 is 1.00 bits per heavy atom. The molecule has 0 fully saturated rings. The van der Waals surface area contributed by atoms with Gasteiger partial charge in [-0.1, -0.05) is 30.3 Å². The summed E-state index contributed by atoms with van der Waals surface area (Å²) in [5.74, 6) is 1.73. The third kappa shape index (κ3) is 2.96. The smallest absolute Gasteiger partial charge is 0.332 e. The Morgan fingerprint density at radius 3 is 2.42 bits per heavy atom. The van der Waals surface area contributed by atoms with E-state index in [1.54, 1.807) is 38.7 Å². The molecule has 3 aromatic heterocycles. The van der Waals surface area contributed by atoms with Gasteiger partial charge >= 0.3 is 5.69 Å². The maximum Gasteiger partial charge on any atom is 0.332 e. The van der Waals surface area contributed by atoms with Crippen LogP contribution in [0, 0.1) is 0 Å². The predicted octanol–water partition coefficient (Wildman–Crippen LogP) is 2.84. The maximum absolute atomic E-state index is 13.2. The molecule has 0 aliphatic rings. The lowest BCUT2D eigenvalue weighted by Gasteiger charge is -2.14. The number of imidazole rings is 2. The Labute approximate surface area is 188 Å². The van der Waals surface area contributed by atoms with Gasteiger partial charge in [0.2, 0.25) is 5.78 Å². The summed E-state index contributed by atoms with van der Waals surface area (Å²) in [6.07, 6.45) is 1.87. The van der Waals surface area contributed by atoms with Gasteiger partial charge < -0.3 is 9.47 Å². The van der Waals surface area contributed by atoms with E-state index in [1.807, 2.05) is 53.2 Å². The fourth-order valence-electron chi connectivity index (χ4n) is 4.19. The lowest BCUT2D eigenvalue weighted by Crippen LogP contribution is -2.38. The van der Waals surface area contributed by atoms with Crippen LogP contribution in [0.15, 0.2) is 64.3 Å². The van der Waals surface area contributed by atoms with Crippen molar-refractivity contribution < 1.29 is 9.47 Å². The third-order valence-corrected chi connectivity index (χ3v) is 5.86. The minimum Gasteiger partial charge on any atom is -0.497 e. The first-order chi connectivity index (χ1) is 16.0. The number of benzene rings is 2. The highest BCUT2D eigenvalue weighted by Crippen LogP contribution is 2.34. The number of aryl methyl sites for hydroxylation is 1. The molecule has 0 N–H and O–H groups in total. The average molecular weight is 445 g/mol. The molecule has 9 nitrogen and oxygen atoms in total. The molecule has 168 valence electrons. The third-order valence-electron chi connectivity index (χ3n) is 5.86. The van der Waals surface area contributed by atoms with Gasteiger partial charge in [0.15, 0.2) is 11.2 Å². The van der Waals surface area contributed by atoms with Gasteiger partial charge in [-0.15, -0.1) is 0 Å². The predicted molar refractivity (Wildman–Crippen MR) is 126 cm³/mol. The van der Waals surface area contributed by atoms with Crippen LogP contribution in [0.25, 0.3) is 33.9 Å². The van der Waals surface area contributed by atoms with Crippen molar-refractivity contribution in [3.8, 4) is 28.4 Å². The summed E-state index contributed by atoms with van der Waals surface area (Å²) in [4.78, 5) is 30.7. The van der Waals surface area contributed by atoms with Gasteiger partial charge in [0.1, 0.15) is 11.5 Å². The standard InChI is InChI=1S/C24H23N5O4/c1-5-27-22(30)20-21(26(2)24(27)31)25-23-28(20)14-18(15-9-7-6-8-10-15)29(23)17-12-11-16(32-3)13-19(17)33-4/h6-14H,5H2,1-4H3. The molecule has 0 aliphatic heterocycles. The number of hydrogen-bond donors (Lipinski definition) is 0. The monoisotopic (exact) mass is 445 g/mol. The van der Waals surface area contributed by atoms with Gasteiger partial charge in [-0.2, -0.15) is 4.98 Å². The fraction of sp³-hybridized carbons (Fsp3) is 0.208. The first-order valence-corrected chi connectivity index (χ1v) is 10.5. The second kappa shape index (κ2) is 7.70. The summed E-state index contributed by atoms with van der Waals surface area (Å²) in [6, 6.07) is 15.3. The van der Waals surface area contributed by atoms with Crippen molar-refractivity contribution in [3.63, 3.8) is 0 Å². The summed E-state index contributed by atoms with van der Waals surface area (Å²) >= 11 is 0. The Morgan fingerprint density at radius 2 is 1.76 bits per heavy atom. The molecule has 3 heterocycles. The molecule has 0 unspecified atom stereocenters. The number of nitrogens with zero attached hydrogens (tertiary/aromatic N) is 5. The molecule has 33 heavy (non-hydrogen) atoms. The molecule has 0 radical (unpaired) electrons. The second-order valence-electron chi connectivity index (χ2n) is 7.60. The van der Waals surface area contributed by atoms with E-state index >= 15 is 0 Å². The SMILES string of the molecule is CCn1c(=O)c2c(nc3n(-c4ccc(OC)cc4OC)c(-c4ccccc4)cn23)n(C)c1=O. The zero-order valence-electron chi connectivity index (χ0n) is 18.8. The molecule has 2 aromatic carbocycles. The van der Waals surface area contributed by atoms with Crippen LogP contribution in [0.3, 0.4) is 0 Å². The van der Waals surface area contributed by atoms with Crippen LogP contribution in [-0.2, 0) is 13.6 Å². The Kier molecular flexibility index (Phi) is 4.81. The quantitative estimate of drug-likeness (QED) is 0.415. The lowest BCUT2D eigenvalue weighted by atomic mass is 10.1. The largest absolute Gasteiger partial charge is 0.497 e. The Balaban J connectivity index is 1.96. The van der Waals surface area contributed by atoms with Crippen molar-refractivity contribution in [2.45, 2.75) is 13.5 Å². The Hall–Kier alpha value is -4.27. The highest BCUT2D eigenvalue weighted by Gasteiger charge is 2.23. The molecule has 0 atom stereocenters. The van der Waals surface area contributed by atoms with E-state index in [-0.39, 0.29) is 12.1 Å². The van der Waals surface area contributed by atoms with Crippen LogP contribution in [0.2, 0.25) is 0 Å². The molecule has 0 bridgehead atoms. The summed E-state index contributed by atoms with van der Waals surface area (Å²) < 4.78 is 17.3. The maximum atomic E-state index is 13.2. The van der Waals surface area contributed by atoms with Crippen LogP contribution in [0.4, 0.5) is 0 Å². The van der Waals surface area contributed by atoms with Crippen molar-refractivity contribution >= 4 is 16.9 Å². The van der Waals surface area contributed by atoms with Crippen molar-refractivity contribution in [3.05, 3.63) is 75.6 Å². The van der Waals surface area contributed by atoms with Gasteiger partial charge in [0.25, 0.3) is 5.56 Å². The number of methoxy groups -OCH3 is 2. The second-order valence-corrected chi connectivity index (χ2v) is 7.60. The minimum atomic E-state index is -0.396. The fourth-order valence-corrected chi connectivity index (χ4v) is 4.19. The van der Waals surface area contributed by atoms with Gasteiger partial charge in [0.05, 0.1) is 25.6 Å². The molecule has 5 aromatic rings. The number of aromatic nitrogens is 5. The van der Waals surface area contributed by atoms with Crippen LogP contribution in [0.1, 0.15) is 6.92 Å². The van der Waals surface area contributed by atoms with Crippen LogP contribution in [0.5, 0.6) is 11.5 Å². The van der Waals surface area contributed by atoms with Crippen LogP contribution >= 0.6 is 0 Å². The van der Waals surface area contributed by atoms with E-state index in [4.69, 9.17) is 14.5 Å². The summed E-state index contributed by atoms with van der Waals surface area (Å²) in [7, 11) is 4.81. The van der Waals surface area contributed by atoms with Gasteiger partial charge in [0, 0.05) is 31.4 Å². The van der Waals surface area contributed by atoms with Crippen LogP contribution < -0.4 is 20.7 Å². The van der Waals surface area contributed by atoms with Gasteiger partial charge in [-0.25, -0.2) is 4.79 Å². The van der Waals surface area contributed by atoms with Crippen LogP contribution in [-0.4, -0.2) is 37.3 Å². The number of fused-ring (bicyclic) bond motifs is 3. The van der Waals surface area contributed by atoms with Crippen molar-refractivity contribution in [1.29, 1.82) is 0 Å². The first kappa shape index (κ1) is 20.6. The first-order valence-electron chi connectivity index (χ1n) is 10.5. The molecule has 0 aliphatic carbocycles. The summed E-state index contributed by atoms with van der Waals surface area (Å²) in [5.41, 5.74) is 2.38. The Bertz CT molecular complexity index is 1620. The molecule has 0 saturated carbocycles. The average Bonchev–Trinajstić information content (AvgIpc) is 3.39. The number of hydrogen-bond acceptors (Lipinski definition) is 5. The lowest BCUT2D eigenvalue weighted by molar-refractivity contribution is 0.393. The van der Waals surface area contributed by atoms with E-state index in [9.17, 15) is 9.59 Å². The summed E-state index contributed by atoms with van der Waals surface area (Å²) in [5, 5.41) is 0. The van der Waals surface area contributed by atoms with Gasteiger partial charge in [-0.3, -0.25) is 22.9 Å². The molecule has 0 saturated heterocycles. The highest BCUT2D eigenvalue weighted by atomic mass is 16.5. The van der Waals surface area contributed by atoms with E-state index in [0.29, 0.717) is 28.4 Å². The molecular weight excluding hydrogens is 422 g/mol. The van der Waals surface area contributed by atoms with E-state index in [0.717, 1.165) is 16.9 Å². The zero-order valence-corrected chi connectivity index (χ0v) is 18.8. The number of rotatable bonds is 5. The molecule has 0 amide bonds. The molecule has 9 heteroatoms. The topological polar surface area (TPSA) is 84.7 Å².